The van der Waals surface area contributed by atoms with Crippen molar-refractivity contribution in [1.82, 2.24) is 24.6 Å². The van der Waals surface area contributed by atoms with Gasteiger partial charge < -0.3 is 5.11 Å². The van der Waals surface area contributed by atoms with Crippen molar-refractivity contribution in [3.8, 4) is 11.4 Å². The summed E-state index contributed by atoms with van der Waals surface area (Å²) >= 11 is 0. The number of carboxylic acids is 1. The fourth-order valence-corrected chi connectivity index (χ4v) is 1.75. The number of nitrogens with zero attached hydrogens (tertiary/aromatic N) is 5. The molecule has 19 heavy (non-hydrogen) atoms. The van der Waals surface area contributed by atoms with E-state index < -0.39 is 5.97 Å². The zero-order valence-corrected chi connectivity index (χ0v) is 9.76. The van der Waals surface area contributed by atoms with E-state index in [0.29, 0.717) is 5.78 Å². The largest absolute Gasteiger partial charge is 0.481 e. The fraction of sp³-hybridized carbons (Fsp3) is 0.0833. The lowest BCUT2D eigenvalue weighted by Gasteiger charge is -2.01. The minimum atomic E-state index is -0.977. The maximum Gasteiger partial charge on any atom is 0.311 e. The molecule has 0 aliphatic rings. The van der Waals surface area contributed by atoms with Gasteiger partial charge in [-0.2, -0.15) is 9.50 Å². The zero-order valence-electron chi connectivity index (χ0n) is 9.76. The van der Waals surface area contributed by atoms with Crippen LogP contribution in [0.2, 0.25) is 0 Å². The van der Waals surface area contributed by atoms with Crippen molar-refractivity contribution in [2.24, 2.45) is 0 Å². The van der Waals surface area contributed by atoms with Gasteiger partial charge in [0.1, 0.15) is 6.42 Å². The van der Waals surface area contributed by atoms with Crippen molar-refractivity contribution in [3.05, 3.63) is 42.5 Å². The third-order valence-corrected chi connectivity index (χ3v) is 2.52. The van der Waals surface area contributed by atoms with Crippen molar-refractivity contribution < 1.29 is 9.90 Å². The van der Waals surface area contributed by atoms with Crippen LogP contribution >= 0.6 is 0 Å². The molecule has 0 aromatic carbocycles. The smallest absolute Gasteiger partial charge is 0.311 e. The van der Waals surface area contributed by atoms with Crippen LogP contribution in [0.25, 0.3) is 17.2 Å². The molecule has 0 amide bonds. The van der Waals surface area contributed by atoms with Gasteiger partial charge in [0, 0.05) is 12.4 Å². The van der Waals surface area contributed by atoms with Gasteiger partial charge >= 0.3 is 5.97 Å². The topological polar surface area (TPSA) is 93.3 Å². The Morgan fingerprint density at radius 3 is 2.84 bits per heavy atom. The van der Waals surface area contributed by atoms with Gasteiger partial charge in [0.2, 0.25) is 0 Å². The average molecular weight is 255 g/mol. The van der Waals surface area contributed by atoms with Gasteiger partial charge in [0.25, 0.3) is 5.78 Å². The molecule has 0 aliphatic carbocycles. The molecule has 0 saturated heterocycles. The number of rotatable bonds is 3. The Bertz CT molecular complexity index is 738. The van der Waals surface area contributed by atoms with E-state index in [1.54, 1.807) is 18.5 Å². The molecule has 3 heterocycles. The average Bonchev–Trinajstić information content (AvgIpc) is 2.80. The van der Waals surface area contributed by atoms with E-state index in [1.807, 2.05) is 18.2 Å². The van der Waals surface area contributed by atoms with E-state index >= 15 is 0 Å². The van der Waals surface area contributed by atoms with Gasteiger partial charge in [-0.05, 0) is 18.2 Å². The molecule has 0 unspecified atom stereocenters. The number of hydrogen-bond donors (Lipinski definition) is 1. The second kappa shape index (κ2) is 4.45. The van der Waals surface area contributed by atoms with E-state index in [9.17, 15) is 4.79 Å². The Labute approximate surface area is 107 Å². The summed E-state index contributed by atoms with van der Waals surface area (Å²) in [5.41, 5.74) is 1.44. The molecule has 0 bridgehead atoms. The highest BCUT2D eigenvalue weighted by Gasteiger charge is 2.12. The molecule has 3 aromatic rings. The summed E-state index contributed by atoms with van der Waals surface area (Å²) in [6, 6.07) is 7.28. The van der Waals surface area contributed by atoms with E-state index in [1.165, 1.54) is 4.52 Å². The monoisotopic (exact) mass is 255 g/mol. The van der Waals surface area contributed by atoms with Gasteiger partial charge in [-0.15, -0.1) is 5.10 Å². The summed E-state index contributed by atoms with van der Waals surface area (Å²) in [5, 5.41) is 12.9. The molecule has 3 rings (SSSR count). The highest BCUT2D eigenvalue weighted by atomic mass is 16.4. The van der Waals surface area contributed by atoms with Crippen LogP contribution in [0.15, 0.2) is 36.7 Å². The Morgan fingerprint density at radius 2 is 2.11 bits per heavy atom. The molecule has 7 heteroatoms. The lowest BCUT2D eigenvalue weighted by molar-refractivity contribution is -0.136. The molecule has 0 saturated carbocycles. The Morgan fingerprint density at radius 1 is 1.21 bits per heavy atom. The number of fused-ring (bicyclic) bond motifs is 1. The highest BCUT2D eigenvalue weighted by molar-refractivity contribution is 5.69. The molecule has 0 spiro atoms. The number of aliphatic carboxylic acids is 1. The van der Waals surface area contributed by atoms with Gasteiger partial charge in [-0.1, -0.05) is 6.07 Å². The van der Waals surface area contributed by atoms with Crippen LogP contribution in [0.3, 0.4) is 0 Å². The number of pyridine rings is 1. The molecule has 0 radical (unpaired) electrons. The third kappa shape index (κ3) is 2.13. The van der Waals surface area contributed by atoms with Gasteiger partial charge in [-0.3, -0.25) is 9.78 Å². The molecule has 7 nitrogen and oxygen atoms in total. The fourth-order valence-electron chi connectivity index (χ4n) is 1.75. The summed E-state index contributed by atoms with van der Waals surface area (Å²) in [6.45, 7) is 0. The lowest BCUT2D eigenvalue weighted by Crippen LogP contribution is -2.02. The van der Waals surface area contributed by atoms with Crippen molar-refractivity contribution in [3.63, 3.8) is 0 Å². The van der Waals surface area contributed by atoms with Crippen LogP contribution < -0.4 is 0 Å². The van der Waals surface area contributed by atoms with E-state index in [-0.39, 0.29) is 12.2 Å². The highest BCUT2D eigenvalue weighted by Crippen LogP contribution is 2.15. The summed E-state index contributed by atoms with van der Waals surface area (Å²) in [4.78, 5) is 23.1. The molecule has 94 valence electrons. The Balaban J connectivity index is 2.15. The molecule has 0 aliphatic heterocycles. The van der Waals surface area contributed by atoms with E-state index in [0.717, 1.165) is 11.4 Å². The number of aromatic nitrogens is 5. The minimum Gasteiger partial charge on any atom is -0.481 e. The first-order valence-corrected chi connectivity index (χ1v) is 5.58. The molecule has 3 aromatic heterocycles. The van der Waals surface area contributed by atoms with Crippen LogP contribution in [0.4, 0.5) is 0 Å². The summed E-state index contributed by atoms with van der Waals surface area (Å²) < 4.78 is 1.50. The SMILES string of the molecule is O=C(O)Cc1nc2nccc(-c3ccccn3)n2n1. The molecular formula is C12H9N5O2. The van der Waals surface area contributed by atoms with Crippen LogP contribution in [0, 0.1) is 0 Å². The predicted molar refractivity (Wildman–Crippen MR) is 65.4 cm³/mol. The standard InChI is InChI=1S/C12H9N5O2/c18-11(19)7-10-15-12-14-6-4-9(17(12)16-10)8-3-1-2-5-13-8/h1-6H,7H2,(H,18,19). The second-order valence-electron chi connectivity index (χ2n) is 3.86. The Hall–Kier alpha value is -2.83. The predicted octanol–water partition coefficient (Wildman–Crippen LogP) is 0.813. The van der Waals surface area contributed by atoms with Gasteiger partial charge in [0.15, 0.2) is 5.82 Å². The maximum absolute atomic E-state index is 10.7. The Kier molecular flexibility index (Phi) is 2.64. The molecule has 1 N–H and O–H groups in total. The summed E-state index contributed by atoms with van der Waals surface area (Å²) in [7, 11) is 0. The van der Waals surface area contributed by atoms with Crippen LogP contribution in [0.1, 0.15) is 5.82 Å². The number of carbonyl (C=O) groups is 1. The number of carboxylic acid groups (broad SMARTS) is 1. The van der Waals surface area contributed by atoms with Crippen molar-refractivity contribution in [2.45, 2.75) is 6.42 Å². The molecular weight excluding hydrogens is 246 g/mol. The van der Waals surface area contributed by atoms with Gasteiger partial charge in [-0.25, -0.2) is 4.98 Å². The second-order valence-corrected chi connectivity index (χ2v) is 3.86. The summed E-state index contributed by atoms with van der Waals surface area (Å²) in [5.74, 6) is -0.391. The van der Waals surface area contributed by atoms with Crippen LogP contribution in [0.5, 0.6) is 0 Å². The third-order valence-electron chi connectivity index (χ3n) is 2.52. The first kappa shape index (κ1) is 11.3. The first-order valence-electron chi connectivity index (χ1n) is 5.58. The van der Waals surface area contributed by atoms with E-state index in [2.05, 4.69) is 20.1 Å². The quantitative estimate of drug-likeness (QED) is 0.744. The normalized spacial score (nSPS) is 10.7. The van der Waals surface area contributed by atoms with Crippen molar-refractivity contribution in [2.75, 3.05) is 0 Å². The van der Waals surface area contributed by atoms with Gasteiger partial charge in [0.05, 0.1) is 11.4 Å². The van der Waals surface area contributed by atoms with Crippen molar-refractivity contribution in [1.29, 1.82) is 0 Å². The van der Waals surface area contributed by atoms with Crippen molar-refractivity contribution >= 4 is 11.7 Å². The minimum absolute atomic E-state index is 0.225. The van der Waals surface area contributed by atoms with Crippen LogP contribution in [-0.4, -0.2) is 35.6 Å². The molecule has 0 atom stereocenters. The first-order chi connectivity index (χ1) is 9.24. The van der Waals surface area contributed by atoms with E-state index in [4.69, 9.17) is 5.11 Å². The summed E-state index contributed by atoms with van der Waals surface area (Å²) in [6.07, 6.45) is 3.04. The molecule has 0 fully saturated rings. The maximum atomic E-state index is 10.7. The zero-order chi connectivity index (χ0) is 13.2. The lowest BCUT2D eigenvalue weighted by atomic mass is 10.2. The van der Waals surface area contributed by atoms with Crippen LogP contribution in [-0.2, 0) is 11.2 Å². The number of hydrogen-bond acceptors (Lipinski definition) is 5.